The van der Waals surface area contributed by atoms with Crippen molar-refractivity contribution in [3.05, 3.63) is 77.2 Å². The van der Waals surface area contributed by atoms with Crippen LogP contribution >= 0.6 is 11.3 Å². The Morgan fingerprint density at radius 3 is 2.61 bits per heavy atom. The molecule has 0 saturated heterocycles. The molecule has 3 heterocycles. The number of Topliss-reactive ketones (excluding diaryl/α,β-unsaturated/α-hetero) is 1. The first-order valence-electron chi connectivity index (χ1n) is 11.8. The Balaban J connectivity index is 1.38. The van der Waals surface area contributed by atoms with Crippen molar-refractivity contribution in [2.45, 2.75) is 26.0 Å². The topological polar surface area (TPSA) is 148 Å². The minimum atomic E-state index is -1.06. The highest BCUT2D eigenvalue weighted by molar-refractivity contribution is 7.17. The predicted octanol–water partition coefficient (Wildman–Crippen LogP) is 4.65. The first-order chi connectivity index (χ1) is 18.2. The van der Waals surface area contributed by atoms with Crippen LogP contribution in [0.5, 0.6) is 0 Å². The second kappa shape index (κ2) is 10.1. The number of aliphatic hydroxyl groups is 1. The summed E-state index contributed by atoms with van der Waals surface area (Å²) in [5.41, 5.74) is 7.76. The van der Waals surface area contributed by atoms with E-state index < -0.39 is 5.60 Å². The SMILES string of the molecule is CC(C)(O)Cn1c(NC(=O)c2ccc(-c3cc(N)on3)s2)nc2cc(NCC(=O)c3ccccc3)ccc21. The highest BCUT2D eigenvalue weighted by Crippen LogP contribution is 2.30. The smallest absolute Gasteiger partial charge is 0.268 e. The van der Waals surface area contributed by atoms with E-state index in [0.717, 1.165) is 10.4 Å². The molecular weight excluding hydrogens is 504 g/mol. The van der Waals surface area contributed by atoms with E-state index in [2.05, 4.69) is 20.8 Å². The quantitative estimate of drug-likeness (QED) is 0.201. The Hall–Kier alpha value is -4.48. The van der Waals surface area contributed by atoms with Gasteiger partial charge in [-0.15, -0.1) is 11.3 Å². The van der Waals surface area contributed by atoms with Crippen LogP contribution in [0, 0.1) is 0 Å². The zero-order valence-corrected chi connectivity index (χ0v) is 21.6. The van der Waals surface area contributed by atoms with Crippen molar-refractivity contribution in [1.82, 2.24) is 14.7 Å². The van der Waals surface area contributed by atoms with Gasteiger partial charge in [-0.1, -0.05) is 35.5 Å². The molecule has 10 nitrogen and oxygen atoms in total. The summed E-state index contributed by atoms with van der Waals surface area (Å²) in [4.78, 5) is 31.4. The number of hydrogen-bond acceptors (Lipinski definition) is 9. The summed E-state index contributed by atoms with van der Waals surface area (Å²) in [6.07, 6.45) is 0. The number of nitrogens with zero attached hydrogens (tertiary/aromatic N) is 3. The molecule has 2 aromatic carbocycles. The molecule has 194 valence electrons. The van der Waals surface area contributed by atoms with E-state index in [0.29, 0.717) is 33.3 Å². The minimum Gasteiger partial charge on any atom is -0.389 e. The molecule has 5 aromatic rings. The fourth-order valence-electron chi connectivity index (χ4n) is 3.96. The third-order valence-corrected chi connectivity index (χ3v) is 6.78. The number of benzene rings is 2. The van der Waals surface area contributed by atoms with Gasteiger partial charge in [-0.2, -0.15) is 0 Å². The van der Waals surface area contributed by atoms with Crippen LogP contribution in [0.25, 0.3) is 21.6 Å². The van der Waals surface area contributed by atoms with Gasteiger partial charge in [0.15, 0.2) is 5.78 Å². The van der Waals surface area contributed by atoms with Crippen LogP contribution in [0.4, 0.5) is 17.5 Å². The number of rotatable bonds is 9. The van der Waals surface area contributed by atoms with Crippen LogP contribution < -0.4 is 16.4 Å². The van der Waals surface area contributed by atoms with E-state index in [9.17, 15) is 14.7 Å². The van der Waals surface area contributed by atoms with Crippen LogP contribution in [0.2, 0.25) is 0 Å². The summed E-state index contributed by atoms with van der Waals surface area (Å²) in [7, 11) is 0. The Morgan fingerprint density at radius 2 is 1.89 bits per heavy atom. The van der Waals surface area contributed by atoms with Gasteiger partial charge in [0.25, 0.3) is 5.91 Å². The Morgan fingerprint density at radius 1 is 1.11 bits per heavy atom. The van der Waals surface area contributed by atoms with E-state index in [1.165, 1.54) is 11.3 Å². The van der Waals surface area contributed by atoms with E-state index in [1.807, 2.05) is 36.4 Å². The zero-order chi connectivity index (χ0) is 26.9. The molecule has 0 fully saturated rings. The second-order valence-corrected chi connectivity index (χ2v) is 10.5. The molecule has 0 aliphatic carbocycles. The Labute approximate surface area is 222 Å². The Bertz CT molecular complexity index is 1610. The van der Waals surface area contributed by atoms with Gasteiger partial charge in [0.2, 0.25) is 11.8 Å². The summed E-state index contributed by atoms with van der Waals surface area (Å²) in [6, 6.07) is 19.6. The molecule has 0 aliphatic rings. The van der Waals surface area contributed by atoms with Gasteiger partial charge in [0.05, 0.1) is 39.5 Å². The lowest BCUT2D eigenvalue weighted by molar-refractivity contribution is 0.0630. The summed E-state index contributed by atoms with van der Waals surface area (Å²) in [6.45, 7) is 3.70. The van der Waals surface area contributed by atoms with Crippen LogP contribution in [0.15, 0.2) is 71.3 Å². The lowest BCUT2D eigenvalue weighted by Crippen LogP contribution is -2.27. The highest BCUT2D eigenvalue weighted by atomic mass is 32.1. The maximum absolute atomic E-state index is 13.1. The lowest BCUT2D eigenvalue weighted by atomic mass is 10.1. The molecular formula is C27H26N6O4S. The van der Waals surface area contributed by atoms with Crippen molar-refractivity contribution < 1.29 is 19.2 Å². The van der Waals surface area contributed by atoms with Crippen molar-refractivity contribution in [2.75, 3.05) is 22.9 Å². The molecule has 0 unspecified atom stereocenters. The maximum Gasteiger partial charge on any atom is 0.268 e. The van der Waals surface area contributed by atoms with E-state index in [-0.39, 0.29) is 30.7 Å². The van der Waals surface area contributed by atoms with E-state index in [4.69, 9.17) is 10.3 Å². The molecule has 5 N–H and O–H groups in total. The number of carbonyl (C=O) groups excluding carboxylic acids is 2. The molecule has 0 radical (unpaired) electrons. The number of nitrogens with one attached hydrogen (secondary N) is 2. The molecule has 0 aliphatic heterocycles. The van der Waals surface area contributed by atoms with Crippen molar-refractivity contribution in [1.29, 1.82) is 0 Å². The average Bonchev–Trinajstić information content (AvgIpc) is 3.61. The van der Waals surface area contributed by atoms with Gasteiger partial charge in [-0.25, -0.2) is 4.98 Å². The third kappa shape index (κ3) is 5.58. The lowest BCUT2D eigenvalue weighted by Gasteiger charge is -2.20. The number of aromatic nitrogens is 3. The number of nitrogen functional groups attached to an aromatic ring is 1. The highest BCUT2D eigenvalue weighted by Gasteiger charge is 2.22. The molecule has 0 saturated carbocycles. The van der Waals surface area contributed by atoms with Crippen LogP contribution in [-0.2, 0) is 6.54 Å². The van der Waals surface area contributed by atoms with Gasteiger partial charge in [0.1, 0.15) is 5.69 Å². The fourth-order valence-corrected chi connectivity index (χ4v) is 4.81. The van der Waals surface area contributed by atoms with Crippen molar-refractivity contribution in [3.63, 3.8) is 0 Å². The number of thiophene rings is 1. The van der Waals surface area contributed by atoms with Crippen LogP contribution in [-0.4, -0.2) is 43.7 Å². The van der Waals surface area contributed by atoms with Crippen molar-refractivity contribution in [2.24, 2.45) is 0 Å². The fraction of sp³-hybridized carbons (Fsp3) is 0.185. The number of fused-ring (bicyclic) bond motifs is 1. The first-order valence-corrected chi connectivity index (χ1v) is 12.7. The van der Waals surface area contributed by atoms with Gasteiger partial charge in [-0.05, 0) is 44.2 Å². The maximum atomic E-state index is 13.1. The summed E-state index contributed by atoms with van der Waals surface area (Å²) < 4.78 is 6.68. The Kier molecular flexibility index (Phi) is 6.70. The van der Waals surface area contributed by atoms with Gasteiger partial charge in [0, 0.05) is 17.3 Å². The molecule has 0 spiro atoms. The number of imidazole rings is 1. The molecule has 0 atom stereocenters. The largest absolute Gasteiger partial charge is 0.389 e. The van der Waals surface area contributed by atoms with Crippen LogP contribution in [0.3, 0.4) is 0 Å². The van der Waals surface area contributed by atoms with E-state index >= 15 is 0 Å². The molecule has 11 heteroatoms. The number of hydrogen-bond donors (Lipinski definition) is 4. The minimum absolute atomic E-state index is 0.0326. The number of carbonyl (C=O) groups is 2. The summed E-state index contributed by atoms with van der Waals surface area (Å²) in [5.74, 6) is 0.106. The number of ketones is 1. The summed E-state index contributed by atoms with van der Waals surface area (Å²) >= 11 is 1.24. The molecule has 5 rings (SSSR count). The predicted molar refractivity (Wildman–Crippen MR) is 147 cm³/mol. The molecule has 1 amide bonds. The third-order valence-electron chi connectivity index (χ3n) is 5.68. The monoisotopic (exact) mass is 530 g/mol. The van der Waals surface area contributed by atoms with E-state index in [1.54, 1.807) is 48.7 Å². The van der Waals surface area contributed by atoms with Gasteiger partial charge in [-0.3, -0.25) is 14.9 Å². The number of nitrogens with two attached hydrogens (primary N) is 1. The van der Waals surface area contributed by atoms with Crippen molar-refractivity contribution in [3.8, 4) is 10.6 Å². The normalized spacial score (nSPS) is 11.6. The number of anilines is 3. The first kappa shape index (κ1) is 25.2. The van der Waals surface area contributed by atoms with Gasteiger partial charge < -0.3 is 25.2 Å². The second-order valence-electron chi connectivity index (χ2n) is 9.41. The van der Waals surface area contributed by atoms with Crippen LogP contribution in [0.1, 0.15) is 33.9 Å². The molecule has 0 bridgehead atoms. The summed E-state index contributed by atoms with van der Waals surface area (Å²) in [5, 5.41) is 20.4. The van der Waals surface area contributed by atoms with Crippen molar-refractivity contribution >= 4 is 51.6 Å². The average molecular weight is 531 g/mol. The zero-order valence-electron chi connectivity index (χ0n) is 20.8. The molecule has 3 aromatic heterocycles. The number of amides is 1. The molecule has 38 heavy (non-hydrogen) atoms. The van der Waals surface area contributed by atoms with Gasteiger partial charge >= 0.3 is 0 Å². The standard InChI is InChI=1S/C27H26N6O4S/c1-27(2,36)15-33-20-9-8-17(29-14-21(34)16-6-4-3-5-7-16)12-18(20)30-26(33)31-25(35)23-11-10-22(38-23)19-13-24(28)37-32-19/h3-13,29,36H,14-15,28H2,1-2H3,(H,30,31,35).